The first kappa shape index (κ1) is 24.5. The van der Waals surface area contributed by atoms with Crippen molar-refractivity contribution in [3.63, 3.8) is 0 Å². The summed E-state index contributed by atoms with van der Waals surface area (Å²) in [5.74, 6) is 0.221. The fourth-order valence-corrected chi connectivity index (χ4v) is 1.62. The highest BCUT2D eigenvalue weighted by Gasteiger charge is 1.99. The molecule has 0 saturated heterocycles. The van der Waals surface area contributed by atoms with Crippen molar-refractivity contribution < 1.29 is 38.0 Å². The summed E-state index contributed by atoms with van der Waals surface area (Å²) in [4.78, 5) is 10.8. The van der Waals surface area contributed by atoms with Gasteiger partial charge in [-0.2, -0.15) is 0 Å². The zero-order valence-corrected chi connectivity index (χ0v) is 15.8. The molecule has 0 rings (SSSR count). The van der Waals surface area contributed by atoms with Crippen molar-refractivity contribution in [2.45, 2.75) is 6.42 Å². The summed E-state index contributed by atoms with van der Waals surface area (Å²) in [5, 5.41) is 0. The maximum atomic E-state index is 10.8. The first-order chi connectivity index (χ1) is 12.3. The third-order valence-electron chi connectivity index (χ3n) is 2.76. The third kappa shape index (κ3) is 21.5. The molecule has 0 saturated carbocycles. The number of halogens is 1. The Morgan fingerprint density at radius 2 is 0.920 bits per heavy atom. The van der Waals surface area contributed by atoms with Gasteiger partial charge in [0.2, 0.25) is 0 Å². The molecule has 0 unspecified atom stereocenters. The lowest BCUT2D eigenvalue weighted by Gasteiger charge is -2.08. The first-order valence-electron chi connectivity index (χ1n) is 8.40. The molecule has 0 aliphatic rings. The van der Waals surface area contributed by atoms with Gasteiger partial charge in [-0.15, -0.1) is 11.6 Å². The van der Waals surface area contributed by atoms with Gasteiger partial charge in [0.05, 0.1) is 92.8 Å². The Balaban J connectivity index is 2.99. The number of esters is 1. The van der Waals surface area contributed by atoms with Crippen LogP contribution in [0.15, 0.2) is 0 Å². The van der Waals surface area contributed by atoms with Gasteiger partial charge < -0.3 is 33.2 Å². The van der Waals surface area contributed by atoms with E-state index in [0.717, 1.165) is 0 Å². The molecule has 0 aliphatic carbocycles. The highest BCUT2D eigenvalue weighted by atomic mass is 35.5. The predicted octanol–water partition coefficient (Wildman–Crippen LogP) is 0.888. The fourth-order valence-electron chi connectivity index (χ4n) is 1.51. The summed E-state index contributed by atoms with van der Waals surface area (Å²) in [7, 11) is 1.35. The number of hydrogen-bond acceptors (Lipinski definition) is 8. The molecule has 8 nitrogen and oxygen atoms in total. The molecule has 9 heteroatoms. The van der Waals surface area contributed by atoms with Gasteiger partial charge in [-0.3, -0.25) is 4.79 Å². The van der Waals surface area contributed by atoms with Gasteiger partial charge in [-0.05, 0) is 0 Å². The van der Waals surface area contributed by atoms with Crippen LogP contribution in [0.5, 0.6) is 0 Å². The second-order valence-electron chi connectivity index (χ2n) is 4.69. The van der Waals surface area contributed by atoms with E-state index < -0.39 is 0 Å². The van der Waals surface area contributed by atoms with Crippen LogP contribution in [0.3, 0.4) is 0 Å². The standard InChI is InChI=1S/C16H31ClO8/c1-19-16(18)2-4-20-6-8-22-10-12-24-14-15-25-13-11-23-9-7-21-5-3-17/h2-15H2,1H3. The average molecular weight is 387 g/mol. The lowest BCUT2D eigenvalue weighted by atomic mass is 10.5. The molecular weight excluding hydrogens is 356 g/mol. The number of methoxy groups -OCH3 is 1. The van der Waals surface area contributed by atoms with Crippen molar-refractivity contribution in [1.29, 1.82) is 0 Å². The molecule has 0 fully saturated rings. The van der Waals surface area contributed by atoms with Gasteiger partial charge in [0.15, 0.2) is 0 Å². The number of carbonyl (C=O) groups is 1. The second kappa shape index (κ2) is 21.6. The van der Waals surface area contributed by atoms with E-state index in [9.17, 15) is 4.79 Å². The Hall–Kier alpha value is -0.480. The molecule has 0 amide bonds. The highest BCUT2D eigenvalue weighted by molar-refractivity contribution is 6.17. The van der Waals surface area contributed by atoms with E-state index in [4.69, 9.17) is 40.0 Å². The van der Waals surface area contributed by atoms with E-state index in [-0.39, 0.29) is 12.4 Å². The minimum absolute atomic E-state index is 0.256. The lowest BCUT2D eigenvalue weighted by Crippen LogP contribution is -2.14. The van der Waals surface area contributed by atoms with Gasteiger partial charge in [-0.25, -0.2) is 0 Å². The molecule has 0 aromatic heterocycles. The minimum Gasteiger partial charge on any atom is -0.469 e. The molecule has 0 N–H and O–H groups in total. The molecule has 150 valence electrons. The number of rotatable bonds is 20. The van der Waals surface area contributed by atoms with Crippen LogP contribution < -0.4 is 0 Å². The molecule has 0 spiro atoms. The van der Waals surface area contributed by atoms with Crippen LogP contribution in [0.2, 0.25) is 0 Å². The Labute approximate surface area is 154 Å². The topological polar surface area (TPSA) is 81.7 Å². The van der Waals surface area contributed by atoms with Gasteiger partial charge in [0.25, 0.3) is 0 Å². The van der Waals surface area contributed by atoms with E-state index >= 15 is 0 Å². The van der Waals surface area contributed by atoms with Crippen LogP contribution in [-0.2, 0) is 38.0 Å². The Bertz CT molecular complexity index is 281. The molecule has 0 aromatic rings. The maximum Gasteiger partial charge on any atom is 0.307 e. The minimum atomic E-state index is -0.278. The molecule has 0 heterocycles. The number of alkyl halides is 1. The Kier molecular flexibility index (Phi) is 21.1. The highest BCUT2D eigenvalue weighted by Crippen LogP contribution is 1.87. The summed E-state index contributed by atoms with van der Waals surface area (Å²) < 4.78 is 36.2. The van der Waals surface area contributed by atoms with Crippen molar-refractivity contribution in [1.82, 2.24) is 0 Å². The first-order valence-corrected chi connectivity index (χ1v) is 8.94. The molecule has 25 heavy (non-hydrogen) atoms. The van der Waals surface area contributed by atoms with Gasteiger partial charge in [0, 0.05) is 5.88 Å². The molecule has 0 radical (unpaired) electrons. The number of carbonyl (C=O) groups excluding carboxylic acids is 1. The van der Waals surface area contributed by atoms with Crippen molar-refractivity contribution in [2.75, 3.05) is 92.3 Å². The third-order valence-corrected chi connectivity index (χ3v) is 2.91. The fraction of sp³-hybridized carbons (Fsp3) is 0.938. The molecule has 0 aliphatic heterocycles. The van der Waals surface area contributed by atoms with Crippen LogP contribution in [0.25, 0.3) is 0 Å². The molecule has 0 bridgehead atoms. The summed E-state index contributed by atoms with van der Waals surface area (Å²) in [6.07, 6.45) is 0.256. The molecule has 0 atom stereocenters. The van der Waals surface area contributed by atoms with Crippen LogP contribution in [0.4, 0.5) is 0 Å². The number of hydrogen-bond donors (Lipinski definition) is 0. The molecule has 0 aromatic carbocycles. The van der Waals surface area contributed by atoms with Crippen molar-refractivity contribution in [3.05, 3.63) is 0 Å². The van der Waals surface area contributed by atoms with Crippen LogP contribution >= 0.6 is 11.6 Å². The summed E-state index contributed by atoms with van der Waals surface area (Å²) in [5.41, 5.74) is 0. The van der Waals surface area contributed by atoms with Crippen LogP contribution in [-0.4, -0.2) is 98.2 Å². The Morgan fingerprint density at radius 3 is 1.24 bits per heavy atom. The van der Waals surface area contributed by atoms with Crippen molar-refractivity contribution in [2.24, 2.45) is 0 Å². The van der Waals surface area contributed by atoms with Crippen molar-refractivity contribution >= 4 is 17.6 Å². The van der Waals surface area contributed by atoms with E-state index in [1.165, 1.54) is 7.11 Å². The lowest BCUT2D eigenvalue weighted by molar-refractivity contribution is -0.141. The average Bonchev–Trinajstić information content (AvgIpc) is 2.63. The maximum absolute atomic E-state index is 10.8. The number of ether oxygens (including phenoxy) is 7. The van der Waals surface area contributed by atoms with E-state index in [0.29, 0.717) is 85.2 Å². The van der Waals surface area contributed by atoms with Gasteiger partial charge in [-0.1, -0.05) is 0 Å². The molecular formula is C16H31ClO8. The summed E-state index contributed by atoms with van der Waals surface area (Å²) in [6.45, 7) is 5.96. The van der Waals surface area contributed by atoms with Crippen LogP contribution in [0.1, 0.15) is 6.42 Å². The zero-order valence-electron chi connectivity index (χ0n) is 15.0. The monoisotopic (exact) mass is 386 g/mol. The van der Waals surface area contributed by atoms with Gasteiger partial charge >= 0.3 is 5.97 Å². The van der Waals surface area contributed by atoms with E-state index in [2.05, 4.69) is 4.74 Å². The van der Waals surface area contributed by atoms with Gasteiger partial charge in [0.1, 0.15) is 0 Å². The SMILES string of the molecule is COC(=O)CCOCCOCCOCCOCCOCCOCCCl. The van der Waals surface area contributed by atoms with Crippen molar-refractivity contribution in [3.8, 4) is 0 Å². The van der Waals surface area contributed by atoms with E-state index in [1.54, 1.807) is 0 Å². The normalized spacial score (nSPS) is 11.0. The quantitative estimate of drug-likeness (QED) is 0.173. The van der Waals surface area contributed by atoms with Crippen LogP contribution in [0, 0.1) is 0 Å². The largest absolute Gasteiger partial charge is 0.469 e. The summed E-state index contributed by atoms with van der Waals surface area (Å²) in [6, 6.07) is 0. The van der Waals surface area contributed by atoms with E-state index in [1.807, 2.05) is 0 Å². The second-order valence-corrected chi connectivity index (χ2v) is 5.07. The summed E-state index contributed by atoms with van der Waals surface area (Å²) >= 11 is 5.47. The smallest absolute Gasteiger partial charge is 0.307 e. The predicted molar refractivity (Wildman–Crippen MR) is 92.3 cm³/mol. The Morgan fingerprint density at radius 1 is 0.600 bits per heavy atom. The zero-order chi connectivity index (χ0) is 18.4.